The van der Waals surface area contributed by atoms with E-state index in [1.807, 2.05) is 24.2 Å². The van der Waals surface area contributed by atoms with E-state index >= 15 is 0 Å². The van der Waals surface area contributed by atoms with Crippen molar-refractivity contribution >= 4 is 18.0 Å². The molecule has 3 heterocycles. The monoisotopic (exact) mass is 207 g/mol. The van der Waals surface area contributed by atoms with Crippen molar-refractivity contribution in [1.82, 2.24) is 10.4 Å². The van der Waals surface area contributed by atoms with Crippen LogP contribution < -0.4 is 5.43 Å². The van der Waals surface area contributed by atoms with E-state index in [0.717, 1.165) is 6.54 Å². The van der Waals surface area contributed by atoms with Gasteiger partial charge in [-0.25, -0.2) is 5.43 Å². The average molecular weight is 207 g/mol. The molecule has 0 spiro atoms. The molecule has 0 aliphatic carbocycles. The fraction of sp³-hybridized carbons (Fsp3) is 0.500. The fourth-order valence-corrected chi connectivity index (χ4v) is 3.18. The average Bonchev–Trinajstić information content (AvgIpc) is 2.42. The minimum atomic E-state index is 0.369. The number of fused-ring (bicyclic) bond motifs is 2. The predicted molar refractivity (Wildman–Crippen MR) is 60.0 cm³/mol. The third-order valence-electron chi connectivity index (χ3n) is 2.72. The third-order valence-corrected chi connectivity index (χ3v) is 3.94. The molecular formula is C10H13N3S. The van der Waals surface area contributed by atoms with Gasteiger partial charge in [0.1, 0.15) is 0 Å². The minimum absolute atomic E-state index is 0.369. The second-order valence-electron chi connectivity index (χ2n) is 3.69. The van der Waals surface area contributed by atoms with E-state index in [2.05, 4.69) is 21.5 Å². The number of hydrazine groups is 1. The second-order valence-corrected chi connectivity index (χ2v) is 4.78. The van der Waals surface area contributed by atoms with Crippen LogP contribution in [0, 0.1) is 0 Å². The van der Waals surface area contributed by atoms with Crippen LogP contribution in [0.5, 0.6) is 0 Å². The number of nitrogens with one attached hydrogen (secondary N) is 1. The highest BCUT2D eigenvalue weighted by Crippen LogP contribution is 2.33. The Morgan fingerprint density at radius 1 is 1.50 bits per heavy atom. The van der Waals surface area contributed by atoms with Crippen molar-refractivity contribution in [2.75, 3.05) is 12.3 Å². The number of nitrogens with zero attached hydrogens (tertiary/aromatic N) is 2. The number of thioether (sulfide) groups is 1. The van der Waals surface area contributed by atoms with E-state index in [1.54, 1.807) is 0 Å². The van der Waals surface area contributed by atoms with Crippen LogP contribution >= 0.6 is 11.8 Å². The lowest BCUT2D eigenvalue weighted by atomic mass is 10.1. The maximum absolute atomic E-state index is 4.20. The Morgan fingerprint density at radius 2 is 2.50 bits per heavy atom. The molecule has 0 aromatic carbocycles. The van der Waals surface area contributed by atoms with Crippen LogP contribution in [0.4, 0.5) is 0 Å². The van der Waals surface area contributed by atoms with Crippen LogP contribution in [0.2, 0.25) is 0 Å². The van der Waals surface area contributed by atoms with Gasteiger partial charge in [0.15, 0.2) is 0 Å². The summed E-state index contributed by atoms with van der Waals surface area (Å²) >= 11 is 1.96. The molecule has 3 nitrogen and oxygen atoms in total. The summed E-state index contributed by atoms with van der Waals surface area (Å²) in [4.78, 5) is 4.20. The summed E-state index contributed by atoms with van der Waals surface area (Å²) in [5.74, 6) is 1.24. The van der Waals surface area contributed by atoms with Gasteiger partial charge in [-0.3, -0.25) is 4.99 Å². The first kappa shape index (κ1) is 8.56. The van der Waals surface area contributed by atoms with Gasteiger partial charge >= 0.3 is 0 Å². The molecule has 4 heteroatoms. The summed E-state index contributed by atoms with van der Waals surface area (Å²) in [6.07, 6.45) is 8.59. The molecule has 3 aliphatic rings. The molecule has 1 atom stereocenters. The first-order valence-electron chi connectivity index (χ1n) is 5.06. The van der Waals surface area contributed by atoms with Crippen LogP contribution in [0.15, 0.2) is 27.9 Å². The number of hydrogen-bond donors (Lipinski definition) is 1. The van der Waals surface area contributed by atoms with Gasteiger partial charge in [0, 0.05) is 24.5 Å². The molecule has 3 rings (SSSR count). The van der Waals surface area contributed by atoms with Crippen molar-refractivity contribution in [2.45, 2.75) is 18.9 Å². The maximum Gasteiger partial charge on any atom is 0.0918 e. The molecule has 0 aromatic heterocycles. The van der Waals surface area contributed by atoms with Gasteiger partial charge in [0.05, 0.1) is 11.1 Å². The lowest BCUT2D eigenvalue weighted by molar-refractivity contribution is 0.281. The first-order chi connectivity index (χ1) is 6.95. The molecule has 0 bridgehead atoms. The van der Waals surface area contributed by atoms with Crippen LogP contribution in [0.25, 0.3) is 0 Å². The van der Waals surface area contributed by atoms with Gasteiger partial charge in [-0.05, 0) is 24.7 Å². The van der Waals surface area contributed by atoms with Gasteiger partial charge in [0.2, 0.25) is 0 Å². The summed E-state index contributed by atoms with van der Waals surface area (Å²) in [6, 6.07) is 0.369. The van der Waals surface area contributed by atoms with E-state index in [9.17, 15) is 0 Å². The van der Waals surface area contributed by atoms with E-state index < -0.39 is 0 Å². The largest absolute Gasteiger partial charge is 0.301 e. The quantitative estimate of drug-likeness (QED) is 0.652. The highest BCUT2D eigenvalue weighted by atomic mass is 32.2. The van der Waals surface area contributed by atoms with E-state index in [1.165, 1.54) is 29.2 Å². The minimum Gasteiger partial charge on any atom is -0.301 e. The summed E-state index contributed by atoms with van der Waals surface area (Å²) < 4.78 is 0. The summed E-state index contributed by atoms with van der Waals surface area (Å²) in [6.45, 7) is 1.13. The second kappa shape index (κ2) is 3.44. The van der Waals surface area contributed by atoms with E-state index in [0.29, 0.717) is 6.04 Å². The molecule has 0 radical (unpaired) electrons. The number of hydrogen-bond acceptors (Lipinski definition) is 4. The lowest BCUT2D eigenvalue weighted by Crippen LogP contribution is -2.36. The molecule has 14 heavy (non-hydrogen) atoms. The topological polar surface area (TPSA) is 27.6 Å². The summed E-state index contributed by atoms with van der Waals surface area (Å²) in [5, 5.41) is 3.68. The van der Waals surface area contributed by atoms with Crippen molar-refractivity contribution < 1.29 is 0 Å². The van der Waals surface area contributed by atoms with Crippen LogP contribution in [-0.4, -0.2) is 29.6 Å². The molecule has 0 saturated carbocycles. The van der Waals surface area contributed by atoms with Crippen molar-refractivity contribution in [3.05, 3.63) is 22.9 Å². The smallest absolute Gasteiger partial charge is 0.0918 e. The van der Waals surface area contributed by atoms with Gasteiger partial charge < -0.3 is 5.01 Å². The van der Waals surface area contributed by atoms with E-state index in [4.69, 9.17) is 0 Å². The Hall–Kier alpha value is -0.740. The normalized spacial score (nSPS) is 30.3. The molecular weight excluding hydrogens is 194 g/mol. The third kappa shape index (κ3) is 1.29. The van der Waals surface area contributed by atoms with Crippen LogP contribution in [0.3, 0.4) is 0 Å². The molecule has 1 saturated heterocycles. The zero-order valence-electron chi connectivity index (χ0n) is 7.94. The molecule has 1 fully saturated rings. The SMILES string of the molecule is C1=CC2NN3CCCCSC3=C2C=N1. The van der Waals surface area contributed by atoms with Crippen molar-refractivity contribution in [1.29, 1.82) is 0 Å². The zero-order chi connectivity index (χ0) is 9.38. The lowest BCUT2D eigenvalue weighted by Gasteiger charge is -2.19. The van der Waals surface area contributed by atoms with Crippen LogP contribution in [0.1, 0.15) is 12.8 Å². The van der Waals surface area contributed by atoms with Crippen LogP contribution in [-0.2, 0) is 0 Å². The highest BCUT2D eigenvalue weighted by molar-refractivity contribution is 8.03. The van der Waals surface area contributed by atoms with Crippen molar-refractivity contribution in [3.8, 4) is 0 Å². The van der Waals surface area contributed by atoms with E-state index in [-0.39, 0.29) is 0 Å². The molecule has 74 valence electrons. The molecule has 0 aromatic rings. The first-order valence-corrected chi connectivity index (χ1v) is 6.04. The van der Waals surface area contributed by atoms with Gasteiger partial charge in [-0.2, -0.15) is 0 Å². The van der Waals surface area contributed by atoms with Crippen molar-refractivity contribution in [3.63, 3.8) is 0 Å². The zero-order valence-corrected chi connectivity index (χ0v) is 8.76. The summed E-state index contributed by atoms with van der Waals surface area (Å²) in [5.41, 5.74) is 4.84. The number of rotatable bonds is 0. The molecule has 0 amide bonds. The standard InChI is InChI=1S/C10H13N3S/c1-2-6-14-10-8-7-11-4-3-9(8)12-13(10)5-1/h3-4,7,9,12H,1-2,5-6H2. The van der Waals surface area contributed by atoms with Gasteiger partial charge in [0.25, 0.3) is 0 Å². The molecule has 1 N–H and O–H groups in total. The molecule has 3 aliphatic heterocycles. The maximum atomic E-state index is 4.20. The Balaban J connectivity index is 1.96. The Kier molecular flexibility index (Phi) is 2.10. The van der Waals surface area contributed by atoms with Gasteiger partial charge in [-0.15, -0.1) is 11.8 Å². The Labute approximate surface area is 87.9 Å². The Bertz CT molecular complexity index is 332. The van der Waals surface area contributed by atoms with Gasteiger partial charge in [-0.1, -0.05) is 0 Å². The predicted octanol–water partition coefficient (Wildman–Crippen LogP) is 1.51. The molecule has 1 unspecified atom stereocenters. The Morgan fingerprint density at radius 3 is 3.50 bits per heavy atom. The fourth-order valence-electron chi connectivity index (χ4n) is 1.99. The summed E-state index contributed by atoms with van der Waals surface area (Å²) in [7, 11) is 0. The van der Waals surface area contributed by atoms with Crippen molar-refractivity contribution in [2.24, 2.45) is 4.99 Å². The number of aliphatic imine (C=N–C) groups is 1. The highest BCUT2D eigenvalue weighted by Gasteiger charge is 2.30.